The molecule has 4 heteroatoms. The molecule has 1 amide bonds. The number of carboxylic acids is 1. The Morgan fingerprint density at radius 1 is 1.19 bits per heavy atom. The standard InChI is InChI=1S/C17H25NO3/c1-13(2)18(12-8-11-15(19)20)16(21)17(3,4)14-9-6-5-7-10-14/h5-7,9-10,13H,8,11-12H2,1-4H3,(H,19,20). The van der Waals surface area contributed by atoms with Gasteiger partial charge in [0.25, 0.3) is 0 Å². The summed E-state index contributed by atoms with van der Waals surface area (Å²) in [5.74, 6) is -0.789. The van der Waals surface area contributed by atoms with E-state index >= 15 is 0 Å². The van der Waals surface area contributed by atoms with Crippen LogP contribution in [-0.2, 0) is 15.0 Å². The lowest BCUT2D eigenvalue weighted by atomic mass is 9.83. The van der Waals surface area contributed by atoms with Crippen molar-refractivity contribution in [2.24, 2.45) is 0 Å². The Labute approximate surface area is 126 Å². The Morgan fingerprint density at radius 3 is 2.24 bits per heavy atom. The number of aliphatic carboxylic acids is 1. The van der Waals surface area contributed by atoms with Crippen LogP contribution in [0.1, 0.15) is 46.1 Å². The Hall–Kier alpha value is -1.84. The fourth-order valence-corrected chi connectivity index (χ4v) is 2.33. The smallest absolute Gasteiger partial charge is 0.303 e. The molecule has 116 valence electrons. The van der Waals surface area contributed by atoms with Gasteiger partial charge in [0.05, 0.1) is 5.41 Å². The molecular formula is C17H25NO3. The van der Waals surface area contributed by atoms with Gasteiger partial charge in [-0.2, -0.15) is 0 Å². The van der Waals surface area contributed by atoms with E-state index in [-0.39, 0.29) is 18.4 Å². The first-order chi connectivity index (χ1) is 9.76. The lowest BCUT2D eigenvalue weighted by Gasteiger charge is -2.35. The number of carbonyl (C=O) groups excluding carboxylic acids is 1. The predicted molar refractivity (Wildman–Crippen MR) is 83.2 cm³/mol. The molecule has 0 radical (unpaired) electrons. The minimum atomic E-state index is -0.825. The van der Waals surface area contributed by atoms with E-state index in [2.05, 4.69) is 0 Å². The molecule has 1 rings (SSSR count). The van der Waals surface area contributed by atoms with Gasteiger partial charge in [0.2, 0.25) is 5.91 Å². The van der Waals surface area contributed by atoms with Crippen molar-refractivity contribution in [1.82, 2.24) is 4.90 Å². The van der Waals surface area contributed by atoms with E-state index in [9.17, 15) is 9.59 Å². The topological polar surface area (TPSA) is 57.6 Å². The maximum absolute atomic E-state index is 12.9. The second-order valence-corrected chi connectivity index (χ2v) is 6.08. The van der Waals surface area contributed by atoms with Crippen LogP contribution in [0.5, 0.6) is 0 Å². The number of hydrogen-bond acceptors (Lipinski definition) is 2. The minimum absolute atomic E-state index is 0.0362. The molecule has 0 heterocycles. The van der Waals surface area contributed by atoms with Crippen LogP contribution < -0.4 is 0 Å². The van der Waals surface area contributed by atoms with Gasteiger partial charge in [0.15, 0.2) is 0 Å². The maximum Gasteiger partial charge on any atom is 0.303 e. The van der Waals surface area contributed by atoms with Crippen LogP contribution in [0.25, 0.3) is 0 Å². The molecule has 4 nitrogen and oxygen atoms in total. The zero-order valence-electron chi connectivity index (χ0n) is 13.3. The zero-order chi connectivity index (χ0) is 16.0. The second kappa shape index (κ2) is 7.25. The first kappa shape index (κ1) is 17.2. The highest BCUT2D eigenvalue weighted by Gasteiger charge is 2.34. The molecule has 0 aliphatic rings. The second-order valence-electron chi connectivity index (χ2n) is 6.08. The Balaban J connectivity index is 2.87. The average molecular weight is 291 g/mol. The maximum atomic E-state index is 12.9. The predicted octanol–water partition coefficient (Wildman–Crippen LogP) is 3.07. The first-order valence-corrected chi connectivity index (χ1v) is 7.35. The summed E-state index contributed by atoms with van der Waals surface area (Å²) in [6.07, 6.45) is 0.562. The zero-order valence-corrected chi connectivity index (χ0v) is 13.3. The Morgan fingerprint density at radius 2 is 1.76 bits per heavy atom. The Kier molecular flexibility index (Phi) is 5.94. The van der Waals surface area contributed by atoms with Crippen molar-refractivity contribution in [3.05, 3.63) is 35.9 Å². The number of carbonyl (C=O) groups is 2. The molecule has 0 aliphatic heterocycles. The van der Waals surface area contributed by atoms with Crippen LogP contribution in [0.15, 0.2) is 30.3 Å². The molecule has 0 saturated heterocycles. The van der Waals surface area contributed by atoms with Crippen LogP contribution in [0, 0.1) is 0 Å². The molecule has 0 bridgehead atoms. The summed E-state index contributed by atoms with van der Waals surface area (Å²) in [4.78, 5) is 25.3. The van der Waals surface area contributed by atoms with E-state index in [1.165, 1.54) is 0 Å². The minimum Gasteiger partial charge on any atom is -0.481 e. The summed E-state index contributed by atoms with van der Waals surface area (Å²) in [6.45, 7) is 8.22. The number of rotatable bonds is 7. The fraction of sp³-hybridized carbons (Fsp3) is 0.529. The van der Waals surface area contributed by atoms with Crippen molar-refractivity contribution < 1.29 is 14.7 Å². The summed E-state index contributed by atoms with van der Waals surface area (Å²) >= 11 is 0. The van der Waals surface area contributed by atoms with Gasteiger partial charge in [0, 0.05) is 19.0 Å². The SMILES string of the molecule is CC(C)N(CCCC(=O)O)C(=O)C(C)(C)c1ccccc1. The third kappa shape index (κ3) is 4.59. The van der Waals surface area contributed by atoms with Crippen LogP contribution in [-0.4, -0.2) is 34.5 Å². The normalized spacial score (nSPS) is 11.5. The highest BCUT2D eigenvalue weighted by Crippen LogP contribution is 2.26. The van der Waals surface area contributed by atoms with E-state index in [4.69, 9.17) is 5.11 Å². The van der Waals surface area contributed by atoms with Gasteiger partial charge in [-0.05, 0) is 39.7 Å². The molecule has 1 aromatic carbocycles. The van der Waals surface area contributed by atoms with Gasteiger partial charge in [-0.1, -0.05) is 30.3 Å². The molecule has 21 heavy (non-hydrogen) atoms. The summed E-state index contributed by atoms with van der Waals surface area (Å²) in [6, 6.07) is 9.73. The Bertz CT molecular complexity index is 480. The quantitative estimate of drug-likeness (QED) is 0.840. The van der Waals surface area contributed by atoms with Gasteiger partial charge in [-0.3, -0.25) is 9.59 Å². The van der Waals surface area contributed by atoms with Crippen molar-refractivity contribution in [3.8, 4) is 0 Å². The van der Waals surface area contributed by atoms with Gasteiger partial charge in [-0.25, -0.2) is 0 Å². The number of benzene rings is 1. The molecule has 0 spiro atoms. The van der Waals surface area contributed by atoms with E-state index in [0.29, 0.717) is 13.0 Å². The third-order valence-electron chi connectivity index (χ3n) is 3.70. The average Bonchev–Trinajstić information content (AvgIpc) is 2.43. The van der Waals surface area contributed by atoms with Crippen LogP contribution >= 0.6 is 0 Å². The largest absolute Gasteiger partial charge is 0.481 e. The van der Waals surface area contributed by atoms with Crippen LogP contribution in [0.3, 0.4) is 0 Å². The monoisotopic (exact) mass is 291 g/mol. The van der Waals surface area contributed by atoms with Gasteiger partial charge in [0.1, 0.15) is 0 Å². The summed E-state index contributed by atoms with van der Waals surface area (Å²) in [5.41, 5.74) is 0.355. The van der Waals surface area contributed by atoms with Crippen molar-refractivity contribution >= 4 is 11.9 Å². The molecule has 0 saturated carbocycles. The third-order valence-corrected chi connectivity index (χ3v) is 3.70. The molecule has 0 fully saturated rings. The molecule has 1 aromatic rings. The molecular weight excluding hydrogens is 266 g/mol. The van der Waals surface area contributed by atoms with Crippen LogP contribution in [0.4, 0.5) is 0 Å². The number of nitrogens with zero attached hydrogens (tertiary/aromatic N) is 1. The lowest BCUT2D eigenvalue weighted by Crippen LogP contribution is -2.47. The lowest BCUT2D eigenvalue weighted by molar-refractivity contribution is -0.140. The molecule has 0 atom stereocenters. The van der Waals surface area contributed by atoms with Gasteiger partial charge < -0.3 is 10.0 Å². The summed E-state index contributed by atoms with van der Waals surface area (Å²) < 4.78 is 0. The van der Waals surface area contributed by atoms with Crippen molar-refractivity contribution in [2.75, 3.05) is 6.54 Å². The highest BCUT2D eigenvalue weighted by molar-refractivity contribution is 5.87. The van der Waals surface area contributed by atoms with Gasteiger partial charge >= 0.3 is 5.97 Å². The highest BCUT2D eigenvalue weighted by atomic mass is 16.4. The van der Waals surface area contributed by atoms with E-state index in [1.807, 2.05) is 58.0 Å². The van der Waals surface area contributed by atoms with Crippen molar-refractivity contribution in [2.45, 2.75) is 52.0 Å². The first-order valence-electron chi connectivity index (χ1n) is 7.35. The number of amides is 1. The van der Waals surface area contributed by atoms with Crippen molar-refractivity contribution in [1.29, 1.82) is 0 Å². The summed E-state index contributed by atoms with van der Waals surface area (Å²) in [5, 5.41) is 8.74. The molecule has 0 aromatic heterocycles. The number of hydrogen-bond donors (Lipinski definition) is 1. The van der Waals surface area contributed by atoms with Crippen LogP contribution in [0.2, 0.25) is 0 Å². The fourth-order valence-electron chi connectivity index (χ4n) is 2.33. The van der Waals surface area contributed by atoms with E-state index < -0.39 is 11.4 Å². The molecule has 1 N–H and O–H groups in total. The molecule has 0 unspecified atom stereocenters. The van der Waals surface area contributed by atoms with E-state index in [1.54, 1.807) is 4.90 Å². The molecule has 0 aliphatic carbocycles. The van der Waals surface area contributed by atoms with Crippen molar-refractivity contribution in [3.63, 3.8) is 0 Å². The number of carboxylic acid groups (broad SMARTS) is 1. The summed E-state index contributed by atoms with van der Waals surface area (Å²) in [7, 11) is 0. The van der Waals surface area contributed by atoms with E-state index in [0.717, 1.165) is 5.56 Å². The van der Waals surface area contributed by atoms with Gasteiger partial charge in [-0.15, -0.1) is 0 Å².